The summed E-state index contributed by atoms with van der Waals surface area (Å²) in [5.74, 6) is 0. The molecule has 0 rings (SSSR count). The molecule has 0 bridgehead atoms. The Morgan fingerprint density at radius 3 is 2.00 bits per heavy atom. The van der Waals surface area contributed by atoms with Crippen LogP contribution in [-0.4, -0.2) is 16.4 Å². The Morgan fingerprint density at radius 1 is 1.07 bits per heavy atom. The lowest BCUT2D eigenvalue weighted by Gasteiger charge is -2.03. The maximum atomic E-state index is 10.2. The van der Waals surface area contributed by atoms with Gasteiger partial charge in [-0.15, -0.1) is 0 Å². The Kier molecular flexibility index (Phi) is 15.5. The molecule has 0 saturated heterocycles. The number of unbranched alkanes of at least 4 members (excludes halogenated alkanes) is 4. The maximum absolute atomic E-state index is 10.2. The van der Waals surface area contributed by atoms with E-state index >= 15 is 0 Å². The Balaban J connectivity index is -0.000000605. The second kappa shape index (κ2) is 11.1. The van der Waals surface area contributed by atoms with Gasteiger partial charge in [0.1, 0.15) is 0 Å². The van der Waals surface area contributed by atoms with Gasteiger partial charge in [0.15, 0.2) is 0 Å². The molecule has 8 N–H and O–H groups in total. The van der Waals surface area contributed by atoms with Crippen molar-refractivity contribution in [1.82, 2.24) is 12.3 Å². The van der Waals surface area contributed by atoms with E-state index in [1.807, 2.05) is 0 Å². The minimum atomic E-state index is -4.22. The zero-order valence-corrected chi connectivity index (χ0v) is 9.71. The molecule has 0 fully saturated rings. The lowest BCUT2D eigenvalue weighted by molar-refractivity contribution is 0.193. The molecule has 0 spiro atoms. The third-order valence-corrected chi connectivity index (χ3v) is 2.03. The molecular formula is C7H23N2O4P. The van der Waals surface area contributed by atoms with Crippen LogP contribution < -0.4 is 12.3 Å². The van der Waals surface area contributed by atoms with Gasteiger partial charge in [0.05, 0.1) is 6.61 Å². The first-order valence-electron chi connectivity index (χ1n) is 4.26. The molecule has 0 aliphatic heterocycles. The lowest BCUT2D eigenvalue weighted by Crippen LogP contribution is -1.91. The van der Waals surface area contributed by atoms with Crippen molar-refractivity contribution in [1.29, 1.82) is 0 Å². The van der Waals surface area contributed by atoms with E-state index in [9.17, 15) is 4.57 Å². The summed E-state index contributed by atoms with van der Waals surface area (Å²) in [6.07, 6.45) is 5.16. The fourth-order valence-electron chi connectivity index (χ4n) is 0.889. The van der Waals surface area contributed by atoms with E-state index in [0.717, 1.165) is 19.3 Å². The van der Waals surface area contributed by atoms with Gasteiger partial charge in [-0.2, -0.15) is 0 Å². The van der Waals surface area contributed by atoms with Crippen LogP contribution in [0.5, 0.6) is 0 Å². The van der Waals surface area contributed by atoms with E-state index in [1.165, 1.54) is 12.8 Å². The number of hydrogen-bond acceptors (Lipinski definition) is 4. The lowest BCUT2D eigenvalue weighted by atomic mass is 10.2. The third-order valence-electron chi connectivity index (χ3n) is 1.51. The third kappa shape index (κ3) is 17.9. The zero-order chi connectivity index (χ0) is 9.45. The van der Waals surface area contributed by atoms with Crippen LogP contribution in [-0.2, 0) is 9.09 Å². The fourth-order valence-corrected chi connectivity index (χ4v) is 1.26. The first-order chi connectivity index (χ1) is 5.56. The highest BCUT2D eigenvalue weighted by Crippen LogP contribution is 2.35. The van der Waals surface area contributed by atoms with Gasteiger partial charge in [0, 0.05) is 0 Å². The molecule has 0 aromatic rings. The standard InChI is InChI=1S/C7H17O4P.2H3N/c1-2-3-4-5-6-7-11-12(8,9)10;;/h2-7H2,1H3,(H2,8,9,10);2*1H3. The SMILES string of the molecule is CCCCCCCOP(=O)(O)O.N.N. The summed E-state index contributed by atoms with van der Waals surface area (Å²) in [5, 5.41) is 0. The fraction of sp³-hybridized carbons (Fsp3) is 1.00. The zero-order valence-electron chi connectivity index (χ0n) is 8.81. The highest BCUT2D eigenvalue weighted by Gasteiger charge is 2.11. The molecule has 90 valence electrons. The van der Waals surface area contributed by atoms with E-state index in [2.05, 4.69) is 11.4 Å². The second-order valence-electron chi connectivity index (χ2n) is 2.74. The normalized spacial score (nSPS) is 10.2. The van der Waals surface area contributed by atoms with E-state index in [0.29, 0.717) is 0 Å². The molecule has 14 heavy (non-hydrogen) atoms. The predicted octanol–water partition coefficient (Wildman–Crippen LogP) is 2.39. The van der Waals surface area contributed by atoms with Gasteiger partial charge in [-0.1, -0.05) is 32.6 Å². The van der Waals surface area contributed by atoms with Gasteiger partial charge in [-0.25, -0.2) is 4.57 Å². The summed E-state index contributed by atoms with van der Waals surface area (Å²) in [5.41, 5.74) is 0. The molecular weight excluding hydrogens is 207 g/mol. The minimum absolute atomic E-state index is 0. The van der Waals surface area contributed by atoms with E-state index < -0.39 is 7.82 Å². The smallest absolute Gasteiger partial charge is 0.344 e. The summed E-state index contributed by atoms with van der Waals surface area (Å²) >= 11 is 0. The largest absolute Gasteiger partial charge is 0.469 e. The quantitative estimate of drug-likeness (QED) is 0.391. The Labute approximate surface area is 85.5 Å². The van der Waals surface area contributed by atoms with Crippen LogP contribution in [0, 0.1) is 0 Å². The van der Waals surface area contributed by atoms with Crippen molar-refractivity contribution in [2.75, 3.05) is 6.61 Å². The Bertz CT molecular complexity index is 151. The highest BCUT2D eigenvalue weighted by atomic mass is 31.2. The number of rotatable bonds is 7. The number of phosphoric ester groups is 1. The van der Waals surface area contributed by atoms with Crippen molar-refractivity contribution in [3.05, 3.63) is 0 Å². The van der Waals surface area contributed by atoms with Crippen LogP contribution in [0.4, 0.5) is 0 Å². The van der Waals surface area contributed by atoms with E-state index in [4.69, 9.17) is 9.79 Å². The summed E-state index contributed by atoms with van der Waals surface area (Å²) in [4.78, 5) is 16.6. The van der Waals surface area contributed by atoms with Crippen LogP contribution in [0.3, 0.4) is 0 Å². The van der Waals surface area contributed by atoms with Crippen LogP contribution in [0.2, 0.25) is 0 Å². The van der Waals surface area contributed by atoms with Gasteiger partial charge < -0.3 is 22.1 Å². The molecule has 0 unspecified atom stereocenters. The molecule has 0 radical (unpaired) electrons. The van der Waals surface area contributed by atoms with Crippen molar-refractivity contribution in [2.24, 2.45) is 0 Å². The first kappa shape index (κ1) is 19.6. The highest BCUT2D eigenvalue weighted by molar-refractivity contribution is 7.46. The van der Waals surface area contributed by atoms with Gasteiger partial charge in [0.2, 0.25) is 0 Å². The molecule has 0 aromatic carbocycles. The van der Waals surface area contributed by atoms with Gasteiger partial charge in [-0.3, -0.25) is 4.52 Å². The first-order valence-corrected chi connectivity index (χ1v) is 5.79. The van der Waals surface area contributed by atoms with Crippen LogP contribution >= 0.6 is 7.82 Å². The maximum Gasteiger partial charge on any atom is 0.469 e. The topological polar surface area (TPSA) is 137 Å². The molecule has 0 saturated carbocycles. The van der Waals surface area contributed by atoms with Crippen LogP contribution in [0.15, 0.2) is 0 Å². The van der Waals surface area contributed by atoms with Crippen molar-refractivity contribution in [2.45, 2.75) is 39.0 Å². The van der Waals surface area contributed by atoms with Crippen molar-refractivity contribution in [3.63, 3.8) is 0 Å². The second-order valence-corrected chi connectivity index (χ2v) is 3.98. The molecule has 0 heterocycles. The van der Waals surface area contributed by atoms with Crippen molar-refractivity contribution >= 4 is 7.82 Å². The molecule has 0 aliphatic rings. The molecule has 0 aliphatic carbocycles. The van der Waals surface area contributed by atoms with Crippen molar-refractivity contribution < 1.29 is 18.9 Å². The number of phosphoric acid groups is 1. The summed E-state index contributed by atoms with van der Waals surface area (Å²) in [6.45, 7) is 2.28. The average molecular weight is 230 g/mol. The predicted molar refractivity (Wildman–Crippen MR) is 56.8 cm³/mol. The minimum Gasteiger partial charge on any atom is -0.344 e. The van der Waals surface area contributed by atoms with Gasteiger partial charge in [0.25, 0.3) is 0 Å². The van der Waals surface area contributed by atoms with Gasteiger partial charge >= 0.3 is 7.82 Å². The molecule has 6 nitrogen and oxygen atoms in total. The molecule has 7 heteroatoms. The van der Waals surface area contributed by atoms with E-state index in [-0.39, 0.29) is 18.9 Å². The Morgan fingerprint density at radius 2 is 1.57 bits per heavy atom. The summed E-state index contributed by atoms with van der Waals surface area (Å²) < 4.78 is 14.5. The van der Waals surface area contributed by atoms with E-state index in [1.54, 1.807) is 0 Å². The number of hydrogen-bond donors (Lipinski definition) is 4. The summed E-state index contributed by atoms with van der Waals surface area (Å²) in [7, 11) is -4.22. The molecule has 0 aromatic heterocycles. The Hall–Kier alpha value is 0.0300. The van der Waals surface area contributed by atoms with Crippen LogP contribution in [0.1, 0.15) is 39.0 Å². The van der Waals surface area contributed by atoms with Crippen molar-refractivity contribution in [3.8, 4) is 0 Å². The van der Waals surface area contributed by atoms with Crippen LogP contribution in [0.25, 0.3) is 0 Å². The van der Waals surface area contributed by atoms with Gasteiger partial charge in [-0.05, 0) is 6.42 Å². The average Bonchev–Trinajstić information content (AvgIpc) is 1.94. The monoisotopic (exact) mass is 230 g/mol. The molecule has 0 atom stereocenters. The molecule has 0 amide bonds. The summed E-state index contributed by atoms with van der Waals surface area (Å²) in [6, 6.07) is 0.